The summed E-state index contributed by atoms with van der Waals surface area (Å²) in [6.45, 7) is 0.0819. The maximum atomic E-state index is 14.2. The molecule has 0 radical (unpaired) electrons. The van der Waals surface area contributed by atoms with Crippen LogP contribution in [0.25, 0.3) is 0 Å². The third-order valence-corrected chi connectivity index (χ3v) is 9.96. The summed E-state index contributed by atoms with van der Waals surface area (Å²) >= 11 is 0. The molecule has 5 amide bonds. The number of guanidine groups is 1. The van der Waals surface area contributed by atoms with E-state index in [0.29, 0.717) is 25.7 Å². The second-order valence-electron chi connectivity index (χ2n) is 13.9. The van der Waals surface area contributed by atoms with E-state index in [4.69, 9.17) is 11.1 Å². The third kappa shape index (κ3) is 11.4. The van der Waals surface area contributed by atoms with Crippen molar-refractivity contribution in [3.05, 3.63) is 108 Å². The van der Waals surface area contributed by atoms with Gasteiger partial charge in [0.05, 0.1) is 12.8 Å². The highest BCUT2D eigenvalue weighted by molar-refractivity contribution is 5.97. The van der Waals surface area contributed by atoms with Crippen molar-refractivity contribution in [2.45, 2.75) is 81.7 Å². The van der Waals surface area contributed by atoms with Gasteiger partial charge in [0.15, 0.2) is 5.96 Å². The molecule has 2 fully saturated rings. The predicted octanol–water partition coefficient (Wildman–Crippen LogP) is 0.970. The number of hydrogen-bond donors (Lipinski definition) is 8. The average Bonchev–Trinajstić information content (AvgIpc) is 3.53. The molecule has 15 nitrogen and oxygen atoms in total. The van der Waals surface area contributed by atoms with Crippen LogP contribution in [0.2, 0.25) is 0 Å². The van der Waals surface area contributed by atoms with Crippen molar-refractivity contribution in [1.29, 1.82) is 5.41 Å². The smallest absolute Gasteiger partial charge is 0.305 e. The standard InChI is InChI=1S/C40H48N8O7/c41-40(42)43-19-18-29(37(53)47-31(23-35(50)51)36(52)44-24-27-14-8-3-9-15-27)46-38(54)33-22-28(20-25-10-4-1-5-11-25)32-17-16-30(39(55)48(32)33)45-34(49)21-26-12-6-2-7-13-26/h1-15,28-33H,16-24H2,(H,44,52)(H,45,49)(H,46,54)(H,47,53)(H,50,51)(H4,41,42,43)/t28-,29+,30?,31?,32+,33?/m1/s1. The van der Waals surface area contributed by atoms with Gasteiger partial charge in [-0.25, -0.2) is 0 Å². The van der Waals surface area contributed by atoms with Gasteiger partial charge < -0.3 is 42.3 Å². The van der Waals surface area contributed by atoms with E-state index in [2.05, 4.69) is 26.6 Å². The van der Waals surface area contributed by atoms with Crippen molar-refractivity contribution < 1.29 is 33.9 Å². The molecule has 0 aliphatic carbocycles. The first-order valence-electron chi connectivity index (χ1n) is 18.4. The Bertz CT molecular complexity index is 1830. The lowest BCUT2D eigenvalue weighted by Gasteiger charge is -2.39. The zero-order valence-electron chi connectivity index (χ0n) is 30.4. The zero-order valence-corrected chi connectivity index (χ0v) is 30.4. The van der Waals surface area contributed by atoms with E-state index in [0.717, 1.165) is 16.7 Å². The van der Waals surface area contributed by atoms with Crippen LogP contribution in [0.15, 0.2) is 91.0 Å². The van der Waals surface area contributed by atoms with Crippen molar-refractivity contribution in [1.82, 2.24) is 31.5 Å². The number of nitrogens with one attached hydrogen (secondary N) is 6. The Morgan fingerprint density at radius 3 is 2.04 bits per heavy atom. The first-order chi connectivity index (χ1) is 26.5. The van der Waals surface area contributed by atoms with Gasteiger partial charge in [-0.1, -0.05) is 91.0 Å². The molecular formula is C40H48N8O7. The normalized spacial score (nSPS) is 19.9. The zero-order chi connectivity index (χ0) is 39.3. The summed E-state index contributed by atoms with van der Waals surface area (Å²) in [6.07, 6.45) is 1.13. The Kier molecular flexibility index (Phi) is 13.9. The number of hydrogen-bond acceptors (Lipinski definition) is 7. The van der Waals surface area contributed by atoms with Gasteiger partial charge in [0.25, 0.3) is 0 Å². The number of piperidine rings is 1. The van der Waals surface area contributed by atoms with E-state index in [1.165, 1.54) is 0 Å². The molecule has 3 aromatic carbocycles. The molecule has 0 aromatic heterocycles. The van der Waals surface area contributed by atoms with Crippen LogP contribution in [0, 0.1) is 11.3 Å². The number of nitrogens with two attached hydrogens (primary N) is 1. The number of nitrogens with zero attached hydrogens (tertiary/aromatic N) is 1. The fourth-order valence-corrected chi connectivity index (χ4v) is 7.33. The number of carboxylic acid groups (broad SMARTS) is 1. The molecule has 0 saturated carbocycles. The highest BCUT2D eigenvalue weighted by atomic mass is 16.4. The molecule has 2 aliphatic heterocycles. The van der Waals surface area contributed by atoms with Gasteiger partial charge in [0.2, 0.25) is 29.5 Å². The largest absolute Gasteiger partial charge is 0.481 e. The predicted molar refractivity (Wildman–Crippen MR) is 203 cm³/mol. The minimum absolute atomic E-state index is 0.0143. The van der Waals surface area contributed by atoms with E-state index in [1.54, 1.807) is 29.2 Å². The molecule has 2 saturated heterocycles. The maximum absolute atomic E-state index is 14.2. The lowest BCUT2D eigenvalue weighted by atomic mass is 9.86. The number of benzene rings is 3. The Balaban J connectivity index is 1.33. The topological polar surface area (TPSA) is 236 Å². The highest BCUT2D eigenvalue weighted by Gasteiger charge is 2.51. The molecule has 3 aromatic rings. The van der Waals surface area contributed by atoms with E-state index in [9.17, 15) is 33.9 Å². The summed E-state index contributed by atoms with van der Waals surface area (Å²) < 4.78 is 0. The van der Waals surface area contributed by atoms with Crippen LogP contribution in [0.1, 0.15) is 48.8 Å². The highest BCUT2D eigenvalue weighted by Crippen LogP contribution is 2.39. The van der Waals surface area contributed by atoms with E-state index >= 15 is 0 Å². The molecule has 290 valence electrons. The molecule has 0 bridgehead atoms. The van der Waals surface area contributed by atoms with Crippen LogP contribution in [0.5, 0.6) is 0 Å². The number of aliphatic carboxylic acids is 1. The van der Waals surface area contributed by atoms with Crippen LogP contribution in [-0.4, -0.2) is 88.2 Å². The number of fused-ring (bicyclic) bond motifs is 1. The second kappa shape index (κ2) is 19.2. The molecule has 55 heavy (non-hydrogen) atoms. The fourth-order valence-electron chi connectivity index (χ4n) is 7.33. The first kappa shape index (κ1) is 39.9. The van der Waals surface area contributed by atoms with E-state index in [-0.39, 0.29) is 55.7 Å². The van der Waals surface area contributed by atoms with Crippen molar-refractivity contribution >= 4 is 41.5 Å². The van der Waals surface area contributed by atoms with E-state index < -0.39 is 54.3 Å². The molecule has 9 N–H and O–H groups in total. The molecule has 2 heterocycles. The Morgan fingerprint density at radius 2 is 1.42 bits per heavy atom. The molecule has 3 unspecified atom stereocenters. The first-order valence-corrected chi connectivity index (χ1v) is 18.4. The summed E-state index contributed by atoms with van der Waals surface area (Å²) in [4.78, 5) is 81.6. The monoisotopic (exact) mass is 752 g/mol. The van der Waals surface area contributed by atoms with Crippen LogP contribution in [0.3, 0.4) is 0 Å². The molecule has 6 atom stereocenters. The summed E-state index contributed by atoms with van der Waals surface area (Å²) in [6, 6.07) is 23.0. The molecule has 15 heteroatoms. The minimum Gasteiger partial charge on any atom is -0.481 e. The Labute approximate surface area is 319 Å². The molecule has 0 spiro atoms. The summed E-state index contributed by atoms with van der Waals surface area (Å²) in [7, 11) is 0. The average molecular weight is 753 g/mol. The second-order valence-corrected chi connectivity index (χ2v) is 13.9. The Morgan fingerprint density at radius 1 is 0.800 bits per heavy atom. The van der Waals surface area contributed by atoms with Gasteiger partial charge in [-0.2, -0.15) is 0 Å². The van der Waals surface area contributed by atoms with Gasteiger partial charge in [0.1, 0.15) is 24.2 Å². The lowest BCUT2D eigenvalue weighted by molar-refractivity contribution is -0.147. The van der Waals surface area contributed by atoms with Crippen molar-refractivity contribution in [2.24, 2.45) is 11.7 Å². The van der Waals surface area contributed by atoms with E-state index in [1.807, 2.05) is 66.7 Å². The Hall–Kier alpha value is -6.25. The van der Waals surface area contributed by atoms with Crippen LogP contribution >= 0.6 is 0 Å². The summed E-state index contributed by atoms with van der Waals surface area (Å²) in [5, 5.41) is 30.5. The number of carboxylic acids is 1. The van der Waals surface area contributed by atoms with Crippen molar-refractivity contribution in [3.8, 4) is 0 Å². The fraction of sp³-hybridized carbons (Fsp3) is 0.375. The van der Waals surface area contributed by atoms with Crippen LogP contribution in [-0.2, 0) is 48.2 Å². The SMILES string of the molecule is N=C(N)NCC[C@H](NC(=O)C1C[C@@H](Cc2ccccc2)[C@@H]2CCC(NC(=O)Cc3ccccc3)C(=O)N12)C(=O)NC(CC(=O)O)C(=O)NCc1ccccc1. The number of rotatable bonds is 17. The molecule has 2 aliphatic rings. The lowest BCUT2D eigenvalue weighted by Crippen LogP contribution is -2.61. The van der Waals surface area contributed by atoms with Crippen molar-refractivity contribution in [2.75, 3.05) is 6.54 Å². The quantitative estimate of drug-likeness (QED) is 0.0724. The summed E-state index contributed by atoms with van der Waals surface area (Å²) in [5.74, 6) is -4.66. The summed E-state index contributed by atoms with van der Waals surface area (Å²) in [5.41, 5.74) is 8.07. The third-order valence-electron chi connectivity index (χ3n) is 9.96. The minimum atomic E-state index is -1.47. The number of carbonyl (C=O) groups is 6. The van der Waals surface area contributed by atoms with Gasteiger partial charge >= 0.3 is 5.97 Å². The van der Waals surface area contributed by atoms with Gasteiger partial charge in [-0.3, -0.25) is 34.2 Å². The number of amides is 5. The molecule has 5 rings (SSSR count). The molecular weight excluding hydrogens is 704 g/mol. The van der Waals surface area contributed by atoms with Crippen LogP contribution in [0.4, 0.5) is 0 Å². The number of carbonyl (C=O) groups excluding carboxylic acids is 5. The van der Waals surface area contributed by atoms with Crippen molar-refractivity contribution in [3.63, 3.8) is 0 Å². The van der Waals surface area contributed by atoms with Gasteiger partial charge in [-0.15, -0.1) is 0 Å². The van der Waals surface area contributed by atoms with Gasteiger partial charge in [-0.05, 0) is 54.7 Å². The van der Waals surface area contributed by atoms with Gasteiger partial charge in [0, 0.05) is 19.1 Å². The maximum Gasteiger partial charge on any atom is 0.305 e. The van der Waals surface area contributed by atoms with Crippen LogP contribution < -0.4 is 32.3 Å².